The highest BCUT2D eigenvalue weighted by Gasteiger charge is 2.17. The number of hydrogen-bond donors (Lipinski definition) is 3. The molecule has 1 aliphatic rings. The molecule has 0 aliphatic carbocycles. The second-order valence-corrected chi connectivity index (χ2v) is 4.89. The maximum atomic E-state index is 4.54. The SMILES string of the molecule is CN/C=C\N(NC)c1nccn2c(C3=CN(C)NC3)cnc12. The van der Waals surface area contributed by atoms with E-state index in [1.165, 1.54) is 5.57 Å². The number of fused-ring (bicyclic) bond motifs is 1. The van der Waals surface area contributed by atoms with Crippen LogP contribution in [0.3, 0.4) is 0 Å². The summed E-state index contributed by atoms with van der Waals surface area (Å²) in [7, 11) is 5.67. The Labute approximate surface area is 129 Å². The standard InChI is InChI=1S/C14H20N8/c1-15-4-7-22(16-2)14-13-18-9-12(21(13)6-5-17-14)11-8-19-20(3)10-11/h4-7,9-10,15-16,19H,8H2,1-3H3/b7-4-. The minimum Gasteiger partial charge on any atom is -0.393 e. The van der Waals surface area contributed by atoms with Gasteiger partial charge in [0, 0.05) is 64.3 Å². The van der Waals surface area contributed by atoms with Crippen LogP contribution in [0, 0.1) is 0 Å². The molecule has 1 aliphatic heterocycles. The molecule has 3 heterocycles. The van der Waals surface area contributed by atoms with Crippen LogP contribution in [0.1, 0.15) is 5.69 Å². The van der Waals surface area contributed by atoms with Crippen LogP contribution >= 0.6 is 0 Å². The Morgan fingerprint density at radius 2 is 2.23 bits per heavy atom. The highest BCUT2D eigenvalue weighted by Crippen LogP contribution is 2.23. The number of nitrogens with zero attached hydrogens (tertiary/aromatic N) is 5. The summed E-state index contributed by atoms with van der Waals surface area (Å²) in [5.74, 6) is 0.739. The van der Waals surface area contributed by atoms with Crippen molar-refractivity contribution in [3.05, 3.63) is 42.9 Å². The molecule has 116 valence electrons. The summed E-state index contributed by atoms with van der Waals surface area (Å²) in [5.41, 5.74) is 9.37. The first-order valence-electron chi connectivity index (χ1n) is 7.04. The molecule has 0 radical (unpaired) electrons. The monoisotopic (exact) mass is 300 g/mol. The molecule has 0 spiro atoms. The third kappa shape index (κ3) is 2.49. The molecule has 0 saturated heterocycles. The zero-order chi connectivity index (χ0) is 15.5. The van der Waals surface area contributed by atoms with Gasteiger partial charge in [-0.15, -0.1) is 0 Å². The first-order valence-corrected chi connectivity index (χ1v) is 7.04. The number of aromatic nitrogens is 3. The fraction of sp³-hybridized carbons (Fsp3) is 0.286. The molecule has 2 aromatic rings. The Kier molecular flexibility index (Phi) is 3.94. The van der Waals surface area contributed by atoms with Gasteiger partial charge in [-0.05, 0) is 0 Å². The third-order valence-corrected chi connectivity index (χ3v) is 3.47. The Bertz CT molecular complexity index is 717. The van der Waals surface area contributed by atoms with Crippen molar-refractivity contribution in [2.45, 2.75) is 0 Å². The summed E-state index contributed by atoms with van der Waals surface area (Å²) in [6.45, 7) is 0.789. The second kappa shape index (κ2) is 6.04. The van der Waals surface area contributed by atoms with Crippen LogP contribution in [0.15, 0.2) is 37.2 Å². The van der Waals surface area contributed by atoms with Crippen molar-refractivity contribution in [1.29, 1.82) is 0 Å². The normalized spacial score (nSPS) is 14.9. The average Bonchev–Trinajstić information content (AvgIpc) is 3.14. The lowest BCUT2D eigenvalue weighted by molar-refractivity contribution is 0.374. The van der Waals surface area contributed by atoms with Gasteiger partial charge in [0.25, 0.3) is 0 Å². The van der Waals surface area contributed by atoms with Crippen molar-refractivity contribution in [3.63, 3.8) is 0 Å². The van der Waals surface area contributed by atoms with E-state index in [0.717, 1.165) is 23.7 Å². The molecule has 0 unspecified atom stereocenters. The van der Waals surface area contributed by atoms with Gasteiger partial charge in [-0.3, -0.25) is 9.41 Å². The summed E-state index contributed by atoms with van der Waals surface area (Å²) >= 11 is 0. The summed E-state index contributed by atoms with van der Waals surface area (Å²) in [4.78, 5) is 8.98. The van der Waals surface area contributed by atoms with E-state index in [1.807, 2.05) is 60.4 Å². The fourth-order valence-corrected chi connectivity index (χ4v) is 2.40. The molecule has 8 nitrogen and oxygen atoms in total. The van der Waals surface area contributed by atoms with Crippen LogP contribution in [0.25, 0.3) is 11.2 Å². The van der Waals surface area contributed by atoms with Gasteiger partial charge in [0.2, 0.25) is 0 Å². The van der Waals surface area contributed by atoms with E-state index >= 15 is 0 Å². The zero-order valence-corrected chi connectivity index (χ0v) is 12.9. The Hall–Kier alpha value is -2.58. The zero-order valence-electron chi connectivity index (χ0n) is 12.9. The van der Waals surface area contributed by atoms with Crippen LogP contribution in [-0.2, 0) is 0 Å². The summed E-state index contributed by atoms with van der Waals surface area (Å²) in [6.07, 6.45) is 11.3. The van der Waals surface area contributed by atoms with Gasteiger partial charge in [-0.2, -0.15) is 0 Å². The van der Waals surface area contributed by atoms with E-state index in [0.29, 0.717) is 0 Å². The average molecular weight is 300 g/mol. The first-order chi connectivity index (χ1) is 10.7. The minimum absolute atomic E-state index is 0.739. The number of anilines is 1. The summed E-state index contributed by atoms with van der Waals surface area (Å²) in [5, 5.41) is 6.73. The van der Waals surface area contributed by atoms with Gasteiger partial charge in [-0.1, -0.05) is 0 Å². The maximum absolute atomic E-state index is 4.54. The minimum atomic E-state index is 0.739. The molecule has 8 heteroatoms. The maximum Gasteiger partial charge on any atom is 0.191 e. The second-order valence-electron chi connectivity index (χ2n) is 4.89. The van der Waals surface area contributed by atoms with E-state index in [4.69, 9.17) is 0 Å². The van der Waals surface area contributed by atoms with Crippen molar-refractivity contribution in [3.8, 4) is 0 Å². The summed E-state index contributed by atoms with van der Waals surface area (Å²) < 4.78 is 2.05. The Morgan fingerprint density at radius 1 is 1.36 bits per heavy atom. The van der Waals surface area contributed by atoms with Crippen LogP contribution < -0.4 is 21.2 Å². The van der Waals surface area contributed by atoms with E-state index in [-0.39, 0.29) is 0 Å². The predicted octanol–water partition coefficient (Wildman–Crippen LogP) is 0.152. The molecule has 3 rings (SSSR count). The molecule has 0 aromatic carbocycles. The van der Waals surface area contributed by atoms with Gasteiger partial charge < -0.3 is 10.3 Å². The topological polar surface area (TPSA) is 72.8 Å². The number of hydrogen-bond acceptors (Lipinski definition) is 7. The first kappa shape index (κ1) is 14.4. The number of imidazole rings is 1. The van der Waals surface area contributed by atoms with E-state index < -0.39 is 0 Å². The van der Waals surface area contributed by atoms with Crippen LogP contribution in [0.4, 0.5) is 5.82 Å². The molecule has 0 fully saturated rings. The van der Waals surface area contributed by atoms with Crippen molar-refractivity contribution in [2.24, 2.45) is 0 Å². The Balaban J connectivity index is 2.05. The molecule has 2 aromatic heterocycles. The molecule has 0 saturated carbocycles. The number of nitrogens with one attached hydrogen (secondary N) is 3. The molecule has 0 atom stereocenters. The van der Waals surface area contributed by atoms with Crippen LogP contribution in [0.2, 0.25) is 0 Å². The Morgan fingerprint density at radius 3 is 2.91 bits per heavy atom. The van der Waals surface area contributed by atoms with Crippen molar-refractivity contribution < 1.29 is 0 Å². The van der Waals surface area contributed by atoms with Gasteiger partial charge in [0.15, 0.2) is 11.5 Å². The van der Waals surface area contributed by atoms with Crippen molar-refractivity contribution in [1.82, 2.24) is 35.5 Å². The molecule has 3 N–H and O–H groups in total. The van der Waals surface area contributed by atoms with E-state index in [2.05, 4.69) is 32.3 Å². The van der Waals surface area contributed by atoms with Gasteiger partial charge in [0.1, 0.15) is 0 Å². The van der Waals surface area contributed by atoms with Gasteiger partial charge in [-0.25, -0.2) is 20.8 Å². The highest BCUT2D eigenvalue weighted by atomic mass is 15.5. The molecule has 22 heavy (non-hydrogen) atoms. The van der Waals surface area contributed by atoms with Crippen molar-refractivity contribution in [2.75, 3.05) is 32.7 Å². The van der Waals surface area contributed by atoms with E-state index in [1.54, 1.807) is 6.20 Å². The molecule has 0 bridgehead atoms. The predicted molar refractivity (Wildman–Crippen MR) is 86.5 cm³/mol. The molecular formula is C14H20N8. The number of hydrazine groups is 2. The van der Waals surface area contributed by atoms with Crippen LogP contribution in [0.5, 0.6) is 0 Å². The molecule has 0 amide bonds. The third-order valence-electron chi connectivity index (χ3n) is 3.47. The van der Waals surface area contributed by atoms with Gasteiger partial charge in [0.05, 0.1) is 11.9 Å². The lowest BCUT2D eigenvalue weighted by atomic mass is 10.2. The lowest BCUT2D eigenvalue weighted by Gasteiger charge is -2.18. The van der Waals surface area contributed by atoms with E-state index in [9.17, 15) is 0 Å². The lowest BCUT2D eigenvalue weighted by Crippen LogP contribution is -2.31. The van der Waals surface area contributed by atoms with Gasteiger partial charge >= 0.3 is 0 Å². The quantitative estimate of drug-likeness (QED) is 0.679. The fourth-order valence-electron chi connectivity index (χ4n) is 2.40. The highest BCUT2D eigenvalue weighted by molar-refractivity contribution is 5.72. The smallest absolute Gasteiger partial charge is 0.191 e. The van der Waals surface area contributed by atoms with Crippen LogP contribution in [-0.4, -0.2) is 47.1 Å². The number of rotatable bonds is 5. The summed E-state index contributed by atoms with van der Waals surface area (Å²) in [6, 6.07) is 0. The molecular weight excluding hydrogens is 280 g/mol. The largest absolute Gasteiger partial charge is 0.393 e. The van der Waals surface area contributed by atoms with Crippen molar-refractivity contribution >= 4 is 17.0 Å².